The third-order valence-electron chi connectivity index (χ3n) is 3.55. The van der Waals surface area contributed by atoms with E-state index in [9.17, 15) is 10.0 Å². The zero-order valence-electron chi connectivity index (χ0n) is 12.3. The summed E-state index contributed by atoms with van der Waals surface area (Å²) in [6.07, 6.45) is 1.68. The summed E-state index contributed by atoms with van der Waals surface area (Å²) in [6, 6.07) is 16.3. The Hall–Kier alpha value is -3.21. The molecule has 3 aromatic rings. The molecule has 2 aromatic carbocycles. The topological polar surface area (TPSA) is 88.6 Å². The Bertz CT molecular complexity index is 904. The molecule has 0 amide bonds. The van der Waals surface area contributed by atoms with E-state index < -0.39 is 0 Å². The average molecular weight is 305 g/mol. The number of nitrogens with two attached hydrogens (primary N) is 1. The molecule has 5 heteroatoms. The maximum Gasteiger partial charge on any atom is 0.130 e. The molecule has 3 rings (SSSR count). The molecule has 0 aliphatic carbocycles. The third kappa shape index (κ3) is 3.18. The summed E-state index contributed by atoms with van der Waals surface area (Å²) in [7, 11) is 0. The summed E-state index contributed by atoms with van der Waals surface area (Å²) in [6.45, 7) is 0. The highest BCUT2D eigenvalue weighted by molar-refractivity contribution is 5.82. The van der Waals surface area contributed by atoms with Crippen LogP contribution in [0.2, 0.25) is 0 Å². The Balaban J connectivity index is 1.97. The first-order valence-corrected chi connectivity index (χ1v) is 7.13. The number of aromatic nitrogens is 1. The van der Waals surface area contributed by atoms with Gasteiger partial charge in [0, 0.05) is 23.1 Å². The van der Waals surface area contributed by atoms with Crippen LogP contribution in [0.25, 0.3) is 17.0 Å². The molecule has 0 bridgehead atoms. The van der Waals surface area contributed by atoms with Gasteiger partial charge in [-0.15, -0.1) is 4.91 Å². The van der Waals surface area contributed by atoms with E-state index in [0.717, 1.165) is 10.9 Å². The molecule has 0 radical (unpaired) electrons. The van der Waals surface area contributed by atoms with Crippen molar-refractivity contribution in [3.63, 3.8) is 0 Å². The number of para-hydroxylation sites is 2. The number of aliphatic hydroxyl groups is 1. The van der Waals surface area contributed by atoms with Gasteiger partial charge in [-0.2, -0.15) is 0 Å². The number of nitrogens with zero attached hydrogens (tertiary/aromatic N) is 2. The second-order valence-electron chi connectivity index (χ2n) is 5.18. The van der Waals surface area contributed by atoms with Crippen molar-refractivity contribution in [2.24, 2.45) is 5.18 Å². The Morgan fingerprint density at radius 2 is 1.91 bits per heavy atom. The number of fused-ring (bicyclic) bond motifs is 1. The van der Waals surface area contributed by atoms with Gasteiger partial charge in [0.1, 0.15) is 5.69 Å². The molecule has 5 nitrogen and oxygen atoms in total. The van der Waals surface area contributed by atoms with Crippen molar-refractivity contribution in [2.75, 3.05) is 5.73 Å². The largest absolute Gasteiger partial charge is 0.512 e. The van der Waals surface area contributed by atoms with Crippen molar-refractivity contribution in [3.05, 3.63) is 76.5 Å². The highest BCUT2D eigenvalue weighted by Gasteiger charge is 2.10. The van der Waals surface area contributed by atoms with Crippen LogP contribution in [0.4, 0.5) is 11.4 Å². The van der Waals surface area contributed by atoms with Gasteiger partial charge in [-0.3, -0.25) is 0 Å². The summed E-state index contributed by atoms with van der Waals surface area (Å²) in [5, 5.41) is 14.1. The van der Waals surface area contributed by atoms with E-state index in [1.54, 1.807) is 24.3 Å². The first-order chi connectivity index (χ1) is 11.2. The first-order valence-electron chi connectivity index (χ1n) is 7.13. The molecule has 0 saturated heterocycles. The van der Waals surface area contributed by atoms with Gasteiger partial charge in [-0.05, 0) is 29.5 Å². The minimum Gasteiger partial charge on any atom is -0.512 e. The minimum atomic E-state index is 0.0654. The van der Waals surface area contributed by atoms with Crippen LogP contribution in [0.5, 0.6) is 0 Å². The van der Waals surface area contributed by atoms with Gasteiger partial charge in [0.2, 0.25) is 0 Å². The van der Waals surface area contributed by atoms with E-state index in [1.165, 1.54) is 0 Å². The second kappa shape index (κ2) is 6.27. The Kier molecular flexibility index (Phi) is 4.01. The summed E-state index contributed by atoms with van der Waals surface area (Å²) in [4.78, 5) is 15.5. The van der Waals surface area contributed by atoms with E-state index in [0.29, 0.717) is 16.9 Å². The van der Waals surface area contributed by atoms with Crippen molar-refractivity contribution in [1.29, 1.82) is 0 Å². The van der Waals surface area contributed by atoms with Crippen molar-refractivity contribution < 1.29 is 5.11 Å². The fourth-order valence-electron chi connectivity index (χ4n) is 2.40. The molecule has 0 aliphatic heterocycles. The van der Waals surface area contributed by atoms with Crippen LogP contribution >= 0.6 is 0 Å². The SMILES string of the molecule is Nc1ccccc1/C=C(/O)Cc1nc2ccccc2cc1N=O. The molecule has 0 aliphatic rings. The molecular weight excluding hydrogens is 290 g/mol. The lowest BCUT2D eigenvalue weighted by atomic mass is 10.1. The summed E-state index contributed by atoms with van der Waals surface area (Å²) < 4.78 is 0. The molecular formula is C18H15N3O2. The molecule has 0 saturated carbocycles. The zero-order chi connectivity index (χ0) is 16.2. The number of nitrogen functional groups attached to an aromatic ring is 1. The van der Waals surface area contributed by atoms with E-state index in [-0.39, 0.29) is 17.9 Å². The number of pyridine rings is 1. The molecule has 1 heterocycles. The van der Waals surface area contributed by atoms with Crippen LogP contribution in [0, 0.1) is 4.91 Å². The summed E-state index contributed by atoms with van der Waals surface area (Å²) >= 11 is 0. The average Bonchev–Trinajstić information content (AvgIpc) is 2.56. The molecule has 114 valence electrons. The number of nitroso groups, excluding NO2 is 1. The van der Waals surface area contributed by atoms with Gasteiger partial charge in [-0.1, -0.05) is 36.4 Å². The number of hydrogen-bond acceptors (Lipinski definition) is 5. The monoisotopic (exact) mass is 305 g/mol. The highest BCUT2D eigenvalue weighted by Crippen LogP contribution is 2.25. The number of benzene rings is 2. The Morgan fingerprint density at radius 3 is 2.70 bits per heavy atom. The van der Waals surface area contributed by atoms with Crippen molar-refractivity contribution in [3.8, 4) is 0 Å². The normalized spacial score (nSPS) is 11.6. The van der Waals surface area contributed by atoms with Crippen molar-refractivity contribution in [2.45, 2.75) is 6.42 Å². The standard InChI is InChI=1S/C18H15N3O2/c19-15-7-3-1-5-12(15)9-14(22)11-17-18(21-23)10-13-6-2-4-8-16(13)20-17/h1-10,22H,11,19H2/b14-9+. The Labute approximate surface area is 133 Å². The Morgan fingerprint density at radius 1 is 1.17 bits per heavy atom. The van der Waals surface area contributed by atoms with Gasteiger partial charge in [0.05, 0.1) is 17.0 Å². The fraction of sp³-hybridized carbons (Fsp3) is 0.0556. The zero-order valence-corrected chi connectivity index (χ0v) is 12.3. The molecule has 3 N–H and O–H groups in total. The van der Waals surface area contributed by atoms with Gasteiger partial charge >= 0.3 is 0 Å². The molecule has 0 spiro atoms. The van der Waals surface area contributed by atoms with E-state index in [4.69, 9.17) is 5.73 Å². The first kappa shape index (κ1) is 14.7. The predicted octanol–water partition coefficient (Wildman–Crippen LogP) is 4.36. The van der Waals surface area contributed by atoms with Crippen LogP contribution in [0.3, 0.4) is 0 Å². The maximum absolute atomic E-state index is 11.1. The lowest BCUT2D eigenvalue weighted by Gasteiger charge is -2.06. The van der Waals surface area contributed by atoms with Gasteiger partial charge in [0.15, 0.2) is 0 Å². The number of rotatable bonds is 4. The summed E-state index contributed by atoms with van der Waals surface area (Å²) in [5.74, 6) is 0.0654. The van der Waals surface area contributed by atoms with Crippen LogP contribution in [0.15, 0.2) is 65.5 Å². The van der Waals surface area contributed by atoms with Crippen molar-refractivity contribution >= 4 is 28.4 Å². The maximum atomic E-state index is 11.1. The van der Waals surface area contributed by atoms with Gasteiger partial charge in [-0.25, -0.2) is 4.98 Å². The fourth-order valence-corrected chi connectivity index (χ4v) is 2.40. The highest BCUT2D eigenvalue weighted by atomic mass is 16.3. The number of anilines is 1. The van der Waals surface area contributed by atoms with Crippen molar-refractivity contribution in [1.82, 2.24) is 4.98 Å². The number of hydrogen-bond donors (Lipinski definition) is 2. The third-order valence-corrected chi connectivity index (χ3v) is 3.55. The summed E-state index contributed by atoms with van der Waals surface area (Å²) in [5.41, 5.74) is 8.55. The molecule has 0 fully saturated rings. The molecule has 23 heavy (non-hydrogen) atoms. The van der Waals surface area contributed by atoms with E-state index in [1.807, 2.05) is 36.4 Å². The van der Waals surface area contributed by atoms with Crippen LogP contribution in [0.1, 0.15) is 11.3 Å². The molecule has 0 unspecified atom stereocenters. The minimum absolute atomic E-state index is 0.0654. The lowest BCUT2D eigenvalue weighted by molar-refractivity contribution is 0.403. The smallest absolute Gasteiger partial charge is 0.130 e. The second-order valence-corrected chi connectivity index (χ2v) is 5.18. The van der Waals surface area contributed by atoms with E-state index >= 15 is 0 Å². The van der Waals surface area contributed by atoms with Crippen LogP contribution < -0.4 is 5.73 Å². The van der Waals surface area contributed by atoms with Crippen LogP contribution in [-0.4, -0.2) is 10.1 Å². The number of allylic oxidation sites excluding steroid dienone is 1. The van der Waals surface area contributed by atoms with E-state index in [2.05, 4.69) is 10.2 Å². The van der Waals surface area contributed by atoms with Gasteiger partial charge < -0.3 is 10.8 Å². The van der Waals surface area contributed by atoms with Crippen LogP contribution in [-0.2, 0) is 6.42 Å². The lowest BCUT2D eigenvalue weighted by Crippen LogP contribution is -1.96. The predicted molar refractivity (Wildman–Crippen MR) is 92.4 cm³/mol. The number of aliphatic hydroxyl groups excluding tert-OH is 1. The van der Waals surface area contributed by atoms with Gasteiger partial charge in [0.25, 0.3) is 0 Å². The quantitative estimate of drug-likeness (QED) is 0.426. The molecule has 1 aromatic heterocycles. The molecule has 0 atom stereocenters.